The molecule has 236 valence electrons. The van der Waals surface area contributed by atoms with Gasteiger partial charge in [0.15, 0.2) is 11.5 Å². The molecule has 0 spiro atoms. The van der Waals surface area contributed by atoms with E-state index in [0.717, 1.165) is 23.2 Å². The quantitative estimate of drug-likeness (QED) is 0.113. The van der Waals surface area contributed by atoms with Crippen LogP contribution in [0.3, 0.4) is 0 Å². The number of aryl methyl sites for hydroxylation is 1. The molecule has 1 fully saturated rings. The van der Waals surface area contributed by atoms with E-state index in [2.05, 4.69) is 15.8 Å². The summed E-state index contributed by atoms with van der Waals surface area (Å²) in [4.78, 5) is 11.4. The Morgan fingerprint density at radius 1 is 0.909 bits per heavy atom. The lowest BCUT2D eigenvalue weighted by Crippen LogP contribution is -2.38. The van der Waals surface area contributed by atoms with Crippen LogP contribution < -0.4 is 21.0 Å². The zero-order valence-electron chi connectivity index (χ0n) is 22.8. The third-order valence-corrected chi connectivity index (χ3v) is 9.02. The topological polar surface area (TPSA) is 279 Å². The Morgan fingerprint density at radius 3 is 2.07 bits per heavy atom. The Labute approximate surface area is 250 Å². The van der Waals surface area contributed by atoms with Crippen LogP contribution in [0.5, 0.6) is 11.5 Å². The van der Waals surface area contributed by atoms with Gasteiger partial charge in [-0.2, -0.15) is 30.8 Å². The maximum atomic E-state index is 13.5. The van der Waals surface area contributed by atoms with E-state index >= 15 is 0 Å². The molecule has 0 aliphatic carbocycles. The molecule has 1 heterocycles. The van der Waals surface area contributed by atoms with Crippen molar-refractivity contribution in [3.05, 3.63) is 53.6 Å². The second-order valence-corrected chi connectivity index (χ2v) is 13.5. The van der Waals surface area contributed by atoms with Crippen molar-refractivity contribution in [1.29, 1.82) is 0 Å². The zero-order chi connectivity index (χ0) is 32.9. The van der Waals surface area contributed by atoms with E-state index in [4.69, 9.17) is 10.5 Å². The Balaban J connectivity index is 1.77. The summed E-state index contributed by atoms with van der Waals surface area (Å²) < 4.78 is 103. The molecular weight excluding hydrogens is 648 g/mol. The number of phenols is 1. The third-order valence-electron chi connectivity index (χ3n) is 6.34. The summed E-state index contributed by atoms with van der Waals surface area (Å²) in [5.41, 5.74) is 7.64. The van der Waals surface area contributed by atoms with E-state index in [0.29, 0.717) is 12.1 Å². The molecule has 3 aromatic rings. The van der Waals surface area contributed by atoms with Gasteiger partial charge in [-0.25, -0.2) is 10.0 Å². The van der Waals surface area contributed by atoms with Crippen molar-refractivity contribution < 1.29 is 53.5 Å². The first-order valence-corrected chi connectivity index (χ1v) is 16.2. The van der Waals surface area contributed by atoms with E-state index in [1.54, 1.807) is 0 Å². The van der Waals surface area contributed by atoms with Crippen LogP contribution in [0, 0.1) is 6.92 Å². The number of nitrogen functional groups attached to an aromatic ring is 1. The fourth-order valence-electron chi connectivity index (χ4n) is 4.39. The fraction of sp³-hybridized carbons (Fsp3) is 0.174. The standard InChI is InChI=1S/C23H24N6O12S3/c1-11-8-14(20-23(31)29(27-28(20)2)12-4-6-17(15(24)9-12)43(35,36)37)22(41-3)21(30)19(11)26-25-16-10-13(42(32,33)34)5-7-18(16)44(38,39)40/h4-10,20,27,30H,24H2,1-3H3,(H,32,33,34)(H,35,36,37)(H,38,39,40). The van der Waals surface area contributed by atoms with Crippen LogP contribution in [0.25, 0.3) is 0 Å². The van der Waals surface area contributed by atoms with Gasteiger partial charge >= 0.3 is 0 Å². The fourth-order valence-corrected chi connectivity index (χ4v) is 6.09. The van der Waals surface area contributed by atoms with E-state index in [1.807, 2.05) is 0 Å². The number of nitrogens with two attached hydrogens (primary N) is 1. The highest BCUT2D eigenvalue weighted by atomic mass is 32.2. The number of aromatic hydroxyl groups is 1. The molecule has 1 atom stereocenters. The summed E-state index contributed by atoms with van der Waals surface area (Å²) >= 11 is 0. The maximum Gasteiger partial charge on any atom is 0.296 e. The first-order chi connectivity index (χ1) is 20.3. The van der Waals surface area contributed by atoms with Crippen molar-refractivity contribution >= 4 is 59.0 Å². The van der Waals surface area contributed by atoms with Crippen LogP contribution in [-0.4, -0.2) is 69.1 Å². The number of rotatable bonds is 8. The smallest absolute Gasteiger partial charge is 0.296 e. The van der Waals surface area contributed by atoms with Gasteiger partial charge in [-0.1, -0.05) is 0 Å². The zero-order valence-corrected chi connectivity index (χ0v) is 25.2. The van der Waals surface area contributed by atoms with Crippen LogP contribution in [0.4, 0.5) is 22.7 Å². The lowest BCUT2D eigenvalue weighted by Gasteiger charge is -2.20. The molecule has 1 unspecified atom stereocenters. The van der Waals surface area contributed by atoms with Gasteiger partial charge in [0.25, 0.3) is 36.3 Å². The molecule has 21 heteroatoms. The van der Waals surface area contributed by atoms with E-state index in [9.17, 15) is 48.8 Å². The van der Waals surface area contributed by atoms with E-state index in [1.165, 1.54) is 38.2 Å². The predicted octanol–water partition coefficient (Wildman–Crippen LogP) is 1.89. The molecule has 7 N–H and O–H groups in total. The second-order valence-electron chi connectivity index (χ2n) is 9.28. The Bertz CT molecular complexity index is 2050. The van der Waals surface area contributed by atoms with Gasteiger partial charge in [0.2, 0.25) is 0 Å². The van der Waals surface area contributed by atoms with E-state index < -0.39 is 68.4 Å². The molecule has 18 nitrogen and oxygen atoms in total. The molecule has 1 saturated heterocycles. The molecule has 1 aliphatic rings. The van der Waals surface area contributed by atoms with Crippen molar-refractivity contribution in [3.63, 3.8) is 0 Å². The Kier molecular flexibility index (Phi) is 8.45. The summed E-state index contributed by atoms with van der Waals surface area (Å²) in [6.07, 6.45) is 0. The minimum absolute atomic E-state index is 0.112. The largest absolute Gasteiger partial charge is 0.503 e. The monoisotopic (exact) mass is 672 g/mol. The van der Waals surface area contributed by atoms with Crippen LogP contribution in [0.1, 0.15) is 17.2 Å². The first kappa shape index (κ1) is 32.7. The van der Waals surface area contributed by atoms with Gasteiger partial charge in [0.1, 0.15) is 27.2 Å². The minimum Gasteiger partial charge on any atom is -0.503 e. The Morgan fingerprint density at radius 2 is 1.52 bits per heavy atom. The molecule has 0 aromatic heterocycles. The third kappa shape index (κ3) is 6.20. The molecule has 0 saturated carbocycles. The number of hydrogen-bond donors (Lipinski definition) is 6. The lowest BCUT2D eigenvalue weighted by molar-refractivity contribution is -0.119. The van der Waals surface area contributed by atoms with Crippen LogP contribution in [0.2, 0.25) is 0 Å². The number of phenolic OH excluding ortho intramolecular Hbond substituents is 1. The molecular formula is C23H24N6O12S3. The number of azo groups is 1. The van der Waals surface area contributed by atoms with Crippen LogP contribution >= 0.6 is 0 Å². The molecule has 0 radical (unpaired) electrons. The first-order valence-electron chi connectivity index (χ1n) is 11.9. The van der Waals surface area contributed by atoms with Crippen molar-refractivity contribution in [1.82, 2.24) is 10.5 Å². The Hall–Kier alpha value is -4.22. The number of benzene rings is 3. The molecule has 4 rings (SSSR count). The molecule has 1 aliphatic heterocycles. The average Bonchev–Trinajstić information content (AvgIpc) is 3.19. The highest BCUT2D eigenvalue weighted by Gasteiger charge is 2.41. The maximum absolute atomic E-state index is 13.5. The number of hydrogen-bond acceptors (Lipinski definition) is 14. The van der Waals surface area contributed by atoms with Gasteiger partial charge in [-0.3, -0.25) is 18.5 Å². The van der Waals surface area contributed by atoms with Crippen molar-refractivity contribution in [2.45, 2.75) is 27.7 Å². The van der Waals surface area contributed by atoms with Crippen molar-refractivity contribution in [2.24, 2.45) is 10.2 Å². The van der Waals surface area contributed by atoms with Gasteiger partial charge in [0, 0.05) is 12.6 Å². The van der Waals surface area contributed by atoms with Crippen molar-refractivity contribution in [2.75, 3.05) is 24.9 Å². The number of anilines is 2. The minimum atomic E-state index is -4.93. The number of nitrogens with zero attached hydrogens (tertiary/aromatic N) is 4. The normalized spacial score (nSPS) is 16.6. The number of nitrogens with one attached hydrogen (secondary N) is 1. The number of amides is 1. The van der Waals surface area contributed by atoms with Crippen molar-refractivity contribution in [3.8, 4) is 11.5 Å². The molecule has 3 aromatic carbocycles. The number of carbonyl (C=O) groups is 1. The number of methoxy groups -OCH3 is 1. The molecule has 44 heavy (non-hydrogen) atoms. The molecule has 0 bridgehead atoms. The highest BCUT2D eigenvalue weighted by Crippen LogP contribution is 2.47. The average molecular weight is 673 g/mol. The second kappa shape index (κ2) is 11.4. The predicted molar refractivity (Wildman–Crippen MR) is 151 cm³/mol. The number of likely N-dealkylation sites (N-methyl/N-ethyl adjacent to an activating group) is 1. The molecule has 1 amide bonds. The SMILES string of the molecule is COc1c(C2C(=O)N(c3ccc(S(=O)(=O)O)c(N)c3)NN2C)cc(C)c(N=Nc2cc(S(=O)(=O)O)ccc2S(=O)(=O)O)c1O. The summed E-state index contributed by atoms with van der Waals surface area (Å²) in [5, 5.41) is 20.9. The van der Waals surface area contributed by atoms with Gasteiger partial charge in [-0.05, 0) is 55.0 Å². The van der Waals surface area contributed by atoms with Gasteiger partial charge < -0.3 is 15.6 Å². The lowest BCUT2D eigenvalue weighted by atomic mass is 10.00. The summed E-state index contributed by atoms with van der Waals surface area (Å²) in [7, 11) is -11.7. The summed E-state index contributed by atoms with van der Waals surface area (Å²) in [6.45, 7) is 1.45. The van der Waals surface area contributed by atoms with Crippen LogP contribution in [-0.2, 0) is 35.1 Å². The summed E-state index contributed by atoms with van der Waals surface area (Å²) in [5.74, 6) is -1.52. The van der Waals surface area contributed by atoms with Crippen LogP contribution in [0.15, 0.2) is 67.4 Å². The van der Waals surface area contributed by atoms with E-state index in [-0.39, 0.29) is 33.9 Å². The highest BCUT2D eigenvalue weighted by molar-refractivity contribution is 7.86. The summed E-state index contributed by atoms with van der Waals surface area (Å²) in [6, 6.07) is 5.69. The number of carbonyl (C=O) groups excluding carboxylic acids is 1. The number of hydrazine groups is 2. The van der Waals surface area contributed by atoms with Gasteiger partial charge in [0.05, 0.1) is 23.4 Å². The van der Waals surface area contributed by atoms with Gasteiger partial charge in [-0.15, -0.1) is 10.2 Å². The number of ether oxygens (including phenoxy) is 1.